The Bertz CT molecular complexity index is 1560. The summed E-state index contributed by atoms with van der Waals surface area (Å²) in [6.07, 6.45) is 10.3. The van der Waals surface area contributed by atoms with E-state index in [1.54, 1.807) is 21.5 Å². The van der Waals surface area contributed by atoms with Gasteiger partial charge in [0, 0.05) is 5.92 Å². The molecule has 1 unspecified atom stereocenters. The van der Waals surface area contributed by atoms with Gasteiger partial charge in [-0.1, -0.05) is 150 Å². The summed E-state index contributed by atoms with van der Waals surface area (Å²) in [6, 6.07) is 33.4. The van der Waals surface area contributed by atoms with Crippen LogP contribution in [0.2, 0.25) is 13.1 Å². The Balaban J connectivity index is 1.58. The van der Waals surface area contributed by atoms with Gasteiger partial charge >= 0.3 is 0 Å². The summed E-state index contributed by atoms with van der Waals surface area (Å²) >= 11 is 0. The molecule has 0 saturated heterocycles. The highest BCUT2D eigenvalue weighted by atomic mass is 28.3. The number of benzene rings is 2. The van der Waals surface area contributed by atoms with Crippen LogP contribution in [0.15, 0.2) is 132 Å². The molecule has 0 bridgehead atoms. The molecule has 0 fully saturated rings. The lowest BCUT2D eigenvalue weighted by Gasteiger charge is -2.34. The van der Waals surface area contributed by atoms with E-state index in [-0.39, 0.29) is 0 Å². The number of fused-ring (bicyclic) bond motifs is 2. The van der Waals surface area contributed by atoms with Gasteiger partial charge in [0.25, 0.3) is 0 Å². The maximum absolute atomic E-state index is 2.60. The quantitative estimate of drug-likeness (QED) is 0.248. The molecule has 1 heteroatoms. The molecule has 0 aromatic heterocycles. The van der Waals surface area contributed by atoms with E-state index < -0.39 is 8.07 Å². The Morgan fingerprint density at radius 3 is 2.00 bits per heavy atom. The molecule has 4 aliphatic carbocycles. The molecule has 0 amide bonds. The molecule has 0 heterocycles. The van der Waals surface area contributed by atoms with E-state index in [1.165, 1.54) is 39.0 Å². The molecular weight excluding hydrogens is 460 g/mol. The predicted molar refractivity (Wildman–Crippen MR) is 163 cm³/mol. The summed E-state index contributed by atoms with van der Waals surface area (Å²) in [6.45, 7) is 9.92. The molecule has 0 saturated carbocycles. The van der Waals surface area contributed by atoms with Crippen molar-refractivity contribution in [2.45, 2.75) is 33.4 Å². The molecule has 37 heavy (non-hydrogen) atoms. The lowest BCUT2D eigenvalue weighted by Crippen LogP contribution is -2.47. The Labute approximate surface area is 222 Å². The van der Waals surface area contributed by atoms with Gasteiger partial charge in [-0.25, -0.2) is 0 Å². The highest BCUT2D eigenvalue weighted by Crippen LogP contribution is 2.50. The number of allylic oxidation sites excluding steroid dienone is 8. The van der Waals surface area contributed by atoms with Crippen LogP contribution in [-0.2, 0) is 0 Å². The van der Waals surface area contributed by atoms with Crippen molar-refractivity contribution in [3.63, 3.8) is 0 Å². The Morgan fingerprint density at radius 2 is 1.27 bits per heavy atom. The van der Waals surface area contributed by atoms with Crippen molar-refractivity contribution in [1.29, 1.82) is 0 Å². The molecule has 0 spiro atoms. The van der Waals surface area contributed by atoms with Gasteiger partial charge in [-0.15, -0.1) is 0 Å². The first kappa shape index (κ1) is 23.7. The fourth-order valence-corrected chi connectivity index (χ4v) is 11.5. The van der Waals surface area contributed by atoms with E-state index in [9.17, 15) is 0 Å². The van der Waals surface area contributed by atoms with Crippen molar-refractivity contribution < 1.29 is 0 Å². The first-order chi connectivity index (χ1) is 18.0. The zero-order chi connectivity index (χ0) is 25.6. The number of rotatable bonds is 4. The van der Waals surface area contributed by atoms with Crippen LogP contribution in [0.25, 0.3) is 27.8 Å². The SMILES string of the molecule is CC1=C([Si](C)(C)c2c(C)cc3ccccc(-c4ccccc4)c2-3)C2C(=CC=CC=C2c2ccccc2)C1. The van der Waals surface area contributed by atoms with Crippen molar-refractivity contribution in [3.05, 3.63) is 143 Å². The molecule has 0 nitrogen and oxygen atoms in total. The number of hydrogen-bond donors (Lipinski definition) is 0. The summed E-state index contributed by atoms with van der Waals surface area (Å²) < 4.78 is 0. The molecule has 182 valence electrons. The molecule has 0 aliphatic heterocycles. The second-order valence-electron chi connectivity index (χ2n) is 11.1. The second-order valence-corrected chi connectivity index (χ2v) is 15.4. The van der Waals surface area contributed by atoms with Crippen LogP contribution in [-0.4, -0.2) is 8.07 Å². The summed E-state index contributed by atoms with van der Waals surface area (Å²) in [5.41, 5.74) is 12.8. The number of aryl methyl sites for hydroxylation is 1. The van der Waals surface area contributed by atoms with E-state index in [2.05, 4.69) is 142 Å². The largest absolute Gasteiger partial charge is 0.109 e. The van der Waals surface area contributed by atoms with Crippen LogP contribution < -0.4 is 5.19 Å². The van der Waals surface area contributed by atoms with Crippen molar-refractivity contribution in [3.8, 4) is 22.3 Å². The third kappa shape index (κ3) is 3.99. The van der Waals surface area contributed by atoms with Crippen LogP contribution in [0.4, 0.5) is 0 Å². The Kier molecular flexibility index (Phi) is 5.97. The normalized spacial score (nSPS) is 17.5. The summed E-state index contributed by atoms with van der Waals surface area (Å²) in [4.78, 5) is 0. The van der Waals surface area contributed by atoms with Crippen LogP contribution >= 0.6 is 0 Å². The molecule has 0 N–H and O–H groups in total. The summed E-state index contributed by atoms with van der Waals surface area (Å²) in [5, 5.41) is 3.29. The van der Waals surface area contributed by atoms with Crippen LogP contribution in [0.5, 0.6) is 0 Å². The molecule has 6 rings (SSSR count). The van der Waals surface area contributed by atoms with Crippen molar-refractivity contribution in [1.82, 2.24) is 0 Å². The number of hydrogen-bond acceptors (Lipinski definition) is 0. The third-order valence-corrected chi connectivity index (χ3v) is 12.3. The minimum absolute atomic E-state index is 0.348. The average molecular weight is 495 g/mol. The standard InChI is InChI=1S/C36H34Si/c1-25-23-29-19-11-13-21-31(27-15-7-5-8-16-27)33(29)35(25)37(3,4)36-26(2)24-30-20-12-14-22-32(34(30)36)28-17-9-6-10-18-28/h5-23,34H,24H2,1-4H3. The van der Waals surface area contributed by atoms with Crippen LogP contribution in [0.1, 0.15) is 24.5 Å². The van der Waals surface area contributed by atoms with Crippen LogP contribution in [0.3, 0.4) is 0 Å². The van der Waals surface area contributed by atoms with Gasteiger partial charge in [0.05, 0.1) is 0 Å². The van der Waals surface area contributed by atoms with Gasteiger partial charge in [0.1, 0.15) is 8.07 Å². The van der Waals surface area contributed by atoms with E-state index in [0.29, 0.717) is 5.92 Å². The van der Waals surface area contributed by atoms with E-state index in [1.807, 2.05) is 0 Å². The van der Waals surface area contributed by atoms with Gasteiger partial charge in [-0.3, -0.25) is 0 Å². The monoisotopic (exact) mass is 494 g/mol. The second kappa shape index (κ2) is 9.32. The maximum Gasteiger partial charge on any atom is 0.109 e. The smallest absolute Gasteiger partial charge is 0.0726 e. The lowest BCUT2D eigenvalue weighted by molar-refractivity contribution is 0.980. The molecule has 4 aliphatic rings. The van der Waals surface area contributed by atoms with Gasteiger partial charge < -0.3 is 0 Å². The zero-order valence-corrected chi connectivity index (χ0v) is 23.3. The fourth-order valence-electron chi connectivity index (χ4n) is 7.00. The lowest BCUT2D eigenvalue weighted by atomic mass is 9.89. The van der Waals surface area contributed by atoms with Gasteiger partial charge in [0.2, 0.25) is 0 Å². The summed E-state index contributed by atoms with van der Waals surface area (Å²) in [5.74, 6) is 0.348. The summed E-state index contributed by atoms with van der Waals surface area (Å²) in [7, 11) is -2.10. The van der Waals surface area contributed by atoms with Crippen LogP contribution in [0, 0.1) is 12.8 Å². The fraction of sp³-hybridized carbons (Fsp3) is 0.167. The zero-order valence-electron chi connectivity index (χ0n) is 22.3. The Morgan fingerprint density at radius 1 is 0.676 bits per heavy atom. The van der Waals surface area contributed by atoms with Crippen molar-refractivity contribution in [2.75, 3.05) is 0 Å². The van der Waals surface area contributed by atoms with E-state index in [4.69, 9.17) is 0 Å². The first-order valence-electron chi connectivity index (χ1n) is 13.4. The van der Waals surface area contributed by atoms with E-state index in [0.717, 1.165) is 6.42 Å². The molecular formula is C36H34Si. The van der Waals surface area contributed by atoms with Gasteiger partial charge in [-0.05, 0) is 58.8 Å². The maximum atomic E-state index is 2.60. The predicted octanol–water partition coefficient (Wildman–Crippen LogP) is 9.14. The van der Waals surface area contributed by atoms with Gasteiger partial charge in [0.15, 0.2) is 0 Å². The first-order valence-corrected chi connectivity index (χ1v) is 16.4. The topological polar surface area (TPSA) is 0 Å². The Hall–Kier alpha value is -3.68. The average Bonchev–Trinajstić information content (AvgIpc) is 3.23. The third-order valence-electron chi connectivity index (χ3n) is 8.31. The highest BCUT2D eigenvalue weighted by molar-refractivity contribution is 6.97. The van der Waals surface area contributed by atoms with Crippen molar-refractivity contribution >= 4 is 18.8 Å². The van der Waals surface area contributed by atoms with E-state index >= 15 is 0 Å². The minimum atomic E-state index is -2.10. The highest BCUT2D eigenvalue weighted by Gasteiger charge is 2.44. The molecule has 2 aromatic rings. The van der Waals surface area contributed by atoms with Crippen molar-refractivity contribution in [2.24, 2.45) is 5.92 Å². The minimum Gasteiger partial charge on any atom is -0.0726 e. The molecule has 0 radical (unpaired) electrons. The molecule has 1 atom stereocenters. The van der Waals surface area contributed by atoms with Gasteiger partial charge in [-0.2, -0.15) is 0 Å². The molecule has 2 aromatic carbocycles.